The molecule has 0 amide bonds. The van der Waals surface area contributed by atoms with Crippen LogP contribution in [0.2, 0.25) is 0 Å². The molecule has 7 heteroatoms. The zero-order chi connectivity index (χ0) is 11.9. The van der Waals surface area contributed by atoms with E-state index in [1.807, 2.05) is 0 Å². The molecule has 0 aliphatic rings. The summed E-state index contributed by atoms with van der Waals surface area (Å²) in [6, 6.07) is -1.01. The van der Waals surface area contributed by atoms with Gasteiger partial charge in [0.25, 0.3) is 0 Å². The molecule has 1 atom stereocenters. The van der Waals surface area contributed by atoms with Crippen LogP contribution < -0.4 is 11.1 Å². The number of rotatable bonds is 7. The lowest BCUT2D eigenvalue weighted by Gasteiger charge is -2.08. The van der Waals surface area contributed by atoms with Crippen molar-refractivity contribution in [3.05, 3.63) is 0 Å². The van der Waals surface area contributed by atoms with Gasteiger partial charge in [-0.05, 0) is 19.4 Å². The maximum Gasteiger partial charge on any atom is 0.389 e. The highest BCUT2D eigenvalue weighted by Crippen LogP contribution is 2.21. The lowest BCUT2D eigenvalue weighted by molar-refractivity contribution is -0.138. The summed E-state index contributed by atoms with van der Waals surface area (Å²) in [5, 5.41) is 11.1. The van der Waals surface area contributed by atoms with Crippen molar-refractivity contribution in [1.29, 1.82) is 0 Å². The zero-order valence-corrected chi connectivity index (χ0v) is 8.18. The van der Waals surface area contributed by atoms with Gasteiger partial charge < -0.3 is 16.2 Å². The Morgan fingerprint density at radius 1 is 1.40 bits per heavy atom. The third-order valence-electron chi connectivity index (χ3n) is 1.75. The average Bonchev–Trinajstić information content (AvgIpc) is 2.08. The highest BCUT2D eigenvalue weighted by Gasteiger charge is 2.25. The molecular weight excluding hydrogens is 213 g/mol. The van der Waals surface area contributed by atoms with Gasteiger partial charge in [-0.1, -0.05) is 0 Å². The molecule has 0 aliphatic heterocycles. The van der Waals surface area contributed by atoms with E-state index in [9.17, 15) is 18.0 Å². The SMILES string of the molecule is NC(CNCCCCC(F)(F)F)C(=O)O. The highest BCUT2D eigenvalue weighted by molar-refractivity contribution is 5.73. The fourth-order valence-corrected chi connectivity index (χ4v) is 0.920. The maximum absolute atomic E-state index is 11.7. The van der Waals surface area contributed by atoms with Crippen LogP contribution in [0.5, 0.6) is 0 Å². The van der Waals surface area contributed by atoms with Gasteiger partial charge in [-0.25, -0.2) is 0 Å². The number of halogens is 3. The fourth-order valence-electron chi connectivity index (χ4n) is 0.920. The Hall–Kier alpha value is -0.820. The second-order valence-electron chi connectivity index (χ2n) is 3.22. The first-order valence-electron chi connectivity index (χ1n) is 4.59. The summed E-state index contributed by atoms with van der Waals surface area (Å²) in [6.07, 6.45) is -4.53. The summed E-state index contributed by atoms with van der Waals surface area (Å²) >= 11 is 0. The molecule has 90 valence electrons. The topological polar surface area (TPSA) is 75.3 Å². The third kappa shape index (κ3) is 9.48. The molecule has 0 spiro atoms. The molecular formula is C8H15F3N2O2. The zero-order valence-electron chi connectivity index (χ0n) is 8.18. The Bertz CT molecular complexity index is 197. The van der Waals surface area contributed by atoms with Crippen LogP contribution in [0.15, 0.2) is 0 Å². The minimum Gasteiger partial charge on any atom is -0.480 e. The van der Waals surface area contributed by atoms with Crippen molar-refractivity contribution in [2.24, 2.45) is 5.73 Å². The van der Waals surface area contributed by atoms with Crippen molar-refractivity contribution < 1.29 is 23.1 Å². The van der Waals surface area contributed by atoms with E-state index >= 15 is 0 Å². The number of hydrogen-bond acceptors (Lipinski definition) is 3. The van der Waals surface area contributed by atoms with E-state index in [-0.39, 0.29) is 13.0 Å². The van der Waals surface area contributed by atoms with Crippen molar-refractivity contribution >= 4 is 5.97 Å². The monoisotopic (exact) mass is 228 g/mol. The highest BCUT2D eigenvalue weighted by atomic mass is 19.4. The minimum atomic E-state index is -4.11. The molecule has 0 fully saturated rings. The molecule has 4 N–H and O–H groups in total. The van der Waals surface area contributed by atoms with Crippen molar-refractivity contribution in [2.45, 2.75) is 31.5 Å². The molecule has 0 aliphatic carbocycles. The smallest absolute Gasteiger partial charge is 0.389 e. The van der Waals surface area contributed by atoms with Gasteiger partial charge in [0.1, 0.15) is 6.04 Å². The standard InChI is InChI=1S/C8H15F3N2O2/c9-8(10,11)3-1-2-4-13-5-6(12)7(14)15/h6,13H,1-5,12H2,(H,14,15). The Balaban J connectivity index is 3.29. The van der Waals surface area contributed by atoms with Gasteiger partial charge in [-0.3, -0.25) is 4.79 Å². The molecule has 0 aromatic carbocycles. The molecule has 0 bridgehead atoms. The number of carbonyl (C=O) groups is 1. The average molecular weight is 228 g/mol. The number of carboxylic acids is 1. The molecule has 0 aromatic rings. The Morgan fingerprint density at radius 3 is 2.47 bits per heavy atom. The van der Waals surface area contributed by atoms with Gasteiger partial charge in [0.05, 0.1) is 0 Å². The molecule has 15 heavy (non-hydrogen) atoms. The van der Waals surface area contributed by atoms with Gasteiger partial charge in [0, 0.05) is 13.0 Å². The van der Waals surface area contributed by atoms with E-state index in [0.29, 0.717) is 13.0 Å². The Labute approximate surface area is 85.6 Å². The first kappa shape index (κ1) is 14.2. The maximum atomic E-state index is 11.7. The molecule has 0 aromatic heterocycles. The number of unbranched alkanes of at least 4 members (excludes halogenated alkanes) is 1. The van der Waals surface area contributed by atoms with Gasteiger partial charge in [-0.2, -0.15) is 13.2 Å². The van der Waals surface area contributed by atoms with Crippen LogP contribution >= 0.6 is 0 Å². The van der Waals surface area contributed by atoms with Crippen molar-refractivity contribution in [3.63, 3.8) is 0 Å². The number of alkyl halides is 3. The number of aliphatic carboxylic acids is 1. The minimum absolute atomic E-state index is 0.0405. The summed E-state index contributed by atoms with van der Waals surface area (Å²) in [5.41, 5.74) is 5.16. The molecule has 0 heterocycles. The quantitative estimate of drug-likeness (QED) is 0.561. The molecule has 0 saturated carbocycles. The van der Waals surface area contributed by atoms with E-state index in [4.69, 9.17) is 10.8 Å². The van der Waals surface area contributed by atoms with Crippen LogP contribution in [-0.2, 0) is 4.79 Å². The molecule has 1 unspecified atom stereocenters. The van der Waals surface area contributed by atoms with Gasteiger partial charge in [0.15, 0.2) is 0 Å². The van der Waals surface area contributed by atoms with E-state index in [2.05, 4.69) is 5.32 Å². The van der Waals surface area contributed by atoms with Crippen LogP contribution in [-0.4, -0.2) is 36.4 Å². The first-order valence-corrected chi connectivity index (χ1v) is 4.59. The normalized spacial score (nSPS) is 13.9. The molecule has 4 nitrogen and oxygen atoms in total. The molecule has 0 radical (unpaired) electrons. The van der Waals surface area contributed by atoms with E-state index in [0.717, 1.165) is 0 Å². The largest absolute Gasteiger partial charge is 0.480 e. The fraction of sp³-hybridized carbons (Fsp3) is 0.875. The van der Waals surface area contributed by atoms with Crippen LogP contribution in [0.1, 0.15) is 19.3 Å². The Morgan fingerprint density at radius 2 is 2.00 bits per heavy atom. The van der Waals surface area contributed by atoms with Crippen LogP contribution in [0, 0.1) is 0 Å². The van der Waals surface area contributed by atoms with Crippen molar-refractivity contribution in [2.75, 3.05) is 13.1 Å². The van der Waals surface area contributed by atoms with Gasteiger partial charge >= 0.3 is 12.1 Å². The van der Waals surface area contributed by atoms with Crippen molar-refractivity contribution in [3.8, 4) is 0 Å². The van der Waals surface area contributed by atoms with Crippen LogP contribution in [0.25, 0.3) is 0 Å². The third-order valence-corrected chi connectivity index (χ3v) is 1.75. The lowest BCUT2D eigenvalue weighted by Crippen LogP contribution is -2.40. The number of hydrogen-bond donors (Lipinski definition) is 3. The number of nitrogens with one attached hydrogen (secondary N) is 1. The lowest BCUT2D eigenvalue weighted by atomic mass is 10.2. The van der Waals surface area contributed by atoms with E-state index < -0.39 is 24.6 Å². The number of nitrogens with two attached hydrogens (primary N) is 1. The Kier molecular flexibility index (Phi) is 6.26. The summed E-state index contributed by atoms with van der Waals surface area (Å²) in [6.45, 7) is 0.415. The van der Waals surface area contributed by atoms with E-state index in [1.165, 1.54) is 0 Å². The summed E-state index contributed by atoms with van der Waals surface area (Å²) in [7, 11) is 0. The summed E-state index contributed by atoms with van der Waals surface area (Å²) < 4.78 is 35.0. The van der Waals surface area contributed by atoms with Crippen LogP contribution in [0.4, 0.5) is 13.2 Å². The van der Waals surface area contributed by atoms with Gasteiger partial charge in [0.2, 0.25) is 0 Å². The molecule has 0 saturated heterocycles. The summed E-state index contributed by atoms with van der Waals surface area (Å²) in [5.74, 6) is -1.13. The summed E-state index contributed by atoms with van der Waals surface area (Å²) in [4.78, 5) is 10.2. The second-order valence-corrected chi connectivity index (χ2v) is 3.22. The predicted octanol–water partition coefficient (Wildman–Crippen LogP) is 0.720. The van der Waals surface area contributed by atoms with E-state index in [1.54, 1.807) is 0 Å². The first-order chi connectivity index (χ1) is 6.83. The number of carboxylic acid groups (broad SMARTS) is 1. The second kappa shape index (κ2) is 6.62. The van der Waals surface area contributed by atoms with Crippen molar-refractivity contribution in [1.82, 2.24) is 5.32 Å². The van der Waals surface area contributed by atoms with Gasteiger partial charge in [-0.15, -0.1) is 0 Å². The van der Waals surface area contributed by atoms with Crippen LogP contribution in [0.3, 0.4) is 0 Å². The molecule has 0 rings (SSSR count). The predicted molar refractivity (Wildman–Crippen MR) is 48.4 cm³/mol.